The molecule has 0 radical (unpaired) electrons. The van der Waals surface area contributed by atoms with E-state index in [0.29, 0.717) is 0 Å². The summed E-state index contributed by atoms with van der Waals surface area (Å²) in [5.41, 5.74) is 1.30. The molecule has 2 aromatic rings. The van der Waals surface area contributed by atoms with Crippen LogP contribution in [0.3, 0.4) is 0 Å². The molecule has 2 saturated heterocycles. The third kappa shape index (κ3) is 2.99. The van der Waals surface area contributed by atoms with Gasteiger partial charge >= 0.3 is 0 Å². The third-order valence-electron chi connectivity index (χ3n) is 5.55. The number of aromatic nitrogens is 2. The van der Waals surface area contributed by atoms with Gasteiger partial charge in [-0.2, -0.15) is 0 Å². The molecule has 1 aromatic carbocycles. The zero-order valence-corrected chi connectivity index (χ0v) is 14.6. The van der Waals surface area contributed by atoms with E-state index in [1.165, 1.54) is 5.56 Å². The summed E-state index contributed by atoms with van der Waals surface area (Å²) in [7, 11) is 0. The van der Waals surface area contributed by atoms with Crippen molar-refractivity contribution in [3.63, 3.8) is 0 Å². The van der Waals surface area contributed by atoms with Gasteiger partial charge in [-0.15, -0.1) is 0 Å². The maximum Gasteiger partial charge on any atom is 0.225 e. The predicted octanol–water partition coefficient (Wildman–Crippen LogP) is 2.85. The van der Waals surface area contributed by atoms with Crippen molar-refractivity contribution in [1.82, 2.24) is 14.9 Å². The van der Waals surface area contributed by atoms with Gasteiger partial charge in [0.25, 0.3) is 0 Å². The van der Waals surface area contributed by atoms with Crippen LogP contribution in [0.25, 0.3) is 0 Å². The van der Waals surface area contributed by atoms with E-state index in [9.17, 15) is 4.79 Å². The molecule has 3 heterocycles. The molecule has 130 valence electrons. The number of nitrogens with zero attached hydrogens (tertiary/aromatic N) is 4. The Morgan fingerprint density at radius 2 is 1.84 bits per heavy atom. The van der Waals surface area contributed by atoms with E-state index >= 15 is 0 Å². The Kier molecular flexibility index (Phi) is 4.38. The molecule has 4 rings (SSSR count). The van der Waals surface area contributed by atoms with Gasteiger partial charge in [-0.3, -0.25) is 4.79 Å². The number of anilines is 1. The maximum atomic E-state index is 12.4. The van der Waals surface area contributed by atoms with Gasteiger partial charge in [-0.1, -0.05) is 30.3 Å². The standard InChI is InChI=1S/C20H24N4O/c1-15(25)23-13-6-5-10-18-19(23)17(16-8-3-2-4-9-16)14-24(18)20-21-11-7-12-22-20/h2-4,7-9,11-12,17-19H,5-6,10,13-14H2,1H3/t17-,18-,19-/m0/s1. The second kappa shape index (κ2) is 6.82. The summed E-state index contributed by atoms with van der Waals surface area (Å²) in [5, 5.41) is 0. The zero-order valence-electron chi connectivity index (χ0n) is 14.6. The van der Waals surface area contributed by atoms with Gasteiger partial charge in [0.15, 0.2) is 0 Å². The summed E-state index contributed by atoms with van der Waals surface area (Å²) in [4.78, 5) is 25.8. The quantitative estimate of drug-likeness (QED) is 0.846. The fraction of sp³-hybridized carbons (Fsp3) is 0.450. The molecule has 3 atom stereocenters. The molecular weight excluding hydrogens is 312 g/mol. The highest BCUT2D eigenvalue weighted by molar-refractivity contribution is 5.74. The Labute approximate surface area is 148 Å². The van der Waals surface area contributed by atoms with Gasteiger partial charge in [0, 0.05) is 38.3 Å². The summed E-state index contributed by atoms with van der Waals surface area (Å²) in [6, 6.07) is 12.9. The minimum absolute atomic E-state index is 0.175. The Morgan fingerprint density at radius 3 is 2.56 bits per heavy atom. The molecule has 5 nitrogen and oxygen atoms in total. The molecule has 5 heteroatoms. The van der Waals surface area contributed by atoms with Gasteiger partial charge in [0.2, 0.25) is 11.9 Å². The van der Waals surface area contributed by atoms with Gasteiger partial charge in [0.05, 0.1) is 12.1 Å². The fourth-order valence-electron chi connectivity index (χ4n) is 4.48. The van der Waals surface area contributed by atoms with E-state index in [4.69, 9.17) is 0 Å². The molecule has 2 aliphatic heterocycles. The van der Waals surface area contributed by atoms with Crippen LogP contribution >= 0.6 is 0 Å². The van der Waals surface area contributed by atoms with Crippen molar-refractivity contribution in [2.75, 3.05) is 18.0 Å². The number of benzene rings is 1. The van der Waals surface area contributed by atoms with Crippen LogP contribution in [0, 0.1) is 0 Å². The van der Waals surface area contributed by atoms with Crippen molar-refractivity contribution in [2.45, 2.75) is 44.2 Å². The van der Waals surface area contributed by atoms with Crippen LogP contribution in [0.4, 0.5) is 5.95 Å². The molecule has 0 unspecified atom stereocenters. The van der Waals surface area contributed by atoms with Gasteiger partial charge in [-0.05, 0) is 30.9 Å². The van der Waals surface area contributed by atoms with E-state index in [1.54, 1.807) is 19.3 Å². The highest BCUT2D eigenvalue weighted by Gasteiger charge is 2.47. The number of hydrogen-bond donors (Lipinski definition) is 0. The summed E-state index contributed by atoms with van der Waals surface area (Å²) in [6.45, 7) is 3.41. The first-order chi connectivity index (χ1) is 12.3. The average Bonchev–Trinajstić information content (AvgIpc) is 2.88. The Morgan fingerprint density at radius 1 is 1.08 bits per heavy atom. The number of amides is 1. The molecule has 2 fully saturated rings. The van der Waals surface area contributed by atoms with Crippen molar-refractivity contribution in [1.29, 1.82) is 0 Å². The van der Waals surface area contributed by atoms with E-state index in [0.717, 1.165) is 38.3 Å². The molecule has 1 aromatic heterocycles. The minimum Gasteiger partial charge on any atom is -0.337 e. The van der Waals surface area contributed by atoms with Crippen LogP contribution in [-0.2, 0) is 4.79 Å². The number of fused-ring (bicyclic) bond motifs is 1. The first-order valence-electron chi connectivity index (χ1n) is 9.11. The number of carbonyl (C=O) groups excluding carboxylic acids is 1. The zero-order chi connectivity index (χ0) is 17.2. The van der Waals surface area contributed by atoms with Crippen LogP contribution in [0.15, 0.2) is 48.8 Å². The Bertz CT molecular complexity index is 721. The number of likely N-dealkylation sites (tertiary alicyclic amines) is 1. The maximum absolute atomic E-state index is 12.4. The lowest BCUT2D eigenvalue weighted by Gasteiger charge is -2.34. The largest absolute Gasteiger partial charge is 0.337 e. The van der Waals surface area contributed by atoms with Crippen LogP contribution in [0.2, 0.25) is 0 Å². The Hall–Kier alpha value is -2.43. The molecule has 25 heavy (non-hydrogen) atoms. The lowest BCUT2D eigenvalue weighted by Crippen LogP contribution is -2.48. The number of rotatable bonds is 2. The van der Waals surface area contributed by atoms with Crippen LogP contribution < -0.4 is 4.90 Å². The highest BCUT2D eigenvalue weighted by atomic mass is 16.2. The van der Waals surface area contributed by atoms with Crippen LogP contribution in [-0.4, -0.2) is 45.9 Å². The first-order valence-corrected chi connectivity index (χ1v) is 9.11. The van der Waals surface area contributed by atoms with Crippen molar-refractivity contribution < 1.29 is 4.79 Å². The normalized spacial score (nSPS) is 26.2. The monoisotopic (exact) mass is 336 g/mol. The molecule has 1 amide bonds. The molecule has 0 saturated carbocycles. The first kappa shape index (κ1) is 16.1. The van der Waals surface area contributed by atoms with E-state index in [1.807, 2.05) is 12.1 Å². The molecule has 0 spiro atoms. The molecule has 2 aliphatic rings. The SMILES string of the molecule is CC(=O)N1CCCC[C@H]2[C@@H]1[C@H](c1ccccc1)CN2c1ncccn1. The second-order valence-corrected chi connectivity index (χ2v) is 6.98. The molecular formula is C20H24N4O. The minimum atomic E-state index is 0.175. The van der Waals surface area contributed by atoms with Crippen molar-refractivity contribution in [3.05, 3.63) is 54.4 Å². The second-order valence-electron chi connectivity index (χ2n) is 6.98. The summed E-state index contributed by atoms with van der Waals surface area (Å²) >= 11 is 0. The van der Waals surface area contributed by atoms with Gasteiger partial charge in [-0.25, -0.2) is 9.97 Å². The van der Waals surface area contributed by atoms with Gasteiger partial charge in [0.1, 0.15) is 0 Å². The average molecular weight is 336 g/mol. The van der Waals surface area contributed by atoms with E-state index in [2.05, 4.69) is 44.0 Å². The highest BCUT2D eigenvalue weighted by Crippen LogP contribution is 2.40. The van der Waals surface area contributed by atoms with Crippen LogP contribution in [0.5, 0.6) is 0 Å². The lowest BCUT2D eigenvalue weighted by atomic mass is 9.89. The van der Waals surface area contributed by atoms with Gasteiger partial charge < -0.3 is 9.80 Å². The van der Waals surface area contributed by atoms with Crippen molar-refractivity contribution in [2.24, 2.45) is 0 Å². The van der Waals surface area contributed by atoms with E-state index < -0.39 is 0 Å². The lowest BCUT2D eigenvalue weighted by molar-refractivity contribution is -0.131. The summed E-state index contributed by atoms with van der Waals surface area (Å²) < 4.78 is 0. The van der Waals surface area contributed by atoms with Crippen LogP contribution in [0.1, 0.15) is 37.7 Å². The molecule has 0 bridgehead atoms. The predicted molar refractivity (Wildman–Crippen MR) is 97.4 cm³/mol. The molecule has 0 N–H and O–H groups in total. The summed E-state index contributed by atoms with van der Waals surface area (Å²) in [5.74, 6) is 1.24. The van der Waals surface area contributed by atoms with Crippen molar-refractivity contribution in [3.8, 4) is 0 Å². The summed E-state index contributed by atoms with van der Waals surface area (Å²) in [6.07, 6.45) is 6.88. The Balaban J connectivity index is 1.77. The van der Waals surface area contributed by atoms with E-state index in [-0.39, 0.29) is 23.9 Å². The topological polar surface area (TPSA) is 49.3 Å². The molecule has 0 aliphatic carbocycles. The number of carbonyl (C=O) groups is 1. The number of hydrogen-bond acceptors (Lipinski definition) is 4. The van der Waals surface area contributed by atoms with Crippen molar-refractivity contribution >= 4 is 11.9 Å². The fourth-order valence-corrected chi connectivity index (χ4v) is 4.48. The smallest absolute Gasteiger partial charge is 0.225 e. The third-order valence-corrected chi connectivity index (χ3v) is 5.55.